The highest BCUT2D eigenvalue weighted by Gasteiger charge is 2.58. The molecule has 0 N–H and O–H groups in total. The second-order valence-corrected chi connectivity index (χ2v) is 7.47. The van der Waals surface area contributed by atoms with Crippen LogP contribution < -0.4 is 0 Å². The van der Waals surface area contributed by atoms with Crippen molar-refractivity contribution in [2.75, 3.05) is 39.9 Å². The minimum absolute atomic E-state index is 0.0281. The number of aromatic nitrogens is 3. The van der Waals surface area contributed by atoms with Crippen molar-refractivity contribution < 1.29 is 18.7 Å². The maximum absolute atomic E-state index is 12.8. The molecule has 9 nitrogen and oxygen atoms in total. The van der Waals surface area contributed by atoms with Crippen molar-refractivity contribution >= 4 is 11.8 Å². The largest absolute Gasteiger partial charge is 0.469 e. The molecule has 1 spiro atoms. The number of carbonyl (C=O) groups excluding carboxylic acids is 2. The molecule has 2 aliphatic heterocycles. The van der Waals surface area contributed by atoms with Crippen molar-refractivity contribution in [3.05, 3.63) is 35.8 Å². The molecule has 27 heavy (non-hydrogen) atoms. The molecule has 1 atom stereocenters. The zero-order chi connectivity index (χ0) is 19.2. The number of furan rings is 1. The molecule has 2 aliphatic rings. The van der Waals surface area contributed by atoms with Crippen molar-refractivity contribution in [2.45, 2.75) is 12.8 Å². The summed E-state index contributed by atoms with van der Waals surface area (Å²) in [7, 11) is 3.42. The standard InChI is InChI=1S/C18H23N5O4/c1-12-13(4-5-27-12)17(25)23-9-18(10-23)8-22(15(24)7-26-3)6-14(18)16-20-19-11-21(16)2/h4-5,11,14H,6-10H2,1-3H3. The van der Waals surface area contributed by atoms with E-state index in [4.69, 9.17) is 9.15 Å². The molecular formula is C18H23N5O4. The predicted octanol–water partition coefficient (Wildman–Crippen LogP) is 0.431. The molecule has 4 heterocycles. The summed E-state index contributed by atoms with van der Waals surface area (Å²) in [6.45, 7) is 4.13. The van der Waals surface area contributed by atoms with E-state index in [2.05, 4.69) is 10.2 Å². The SMILES string of the molecule is COCC(=O)N1CC(c2nncn2C)C2(C1)CN(C(=O)c1ccoc1C)C2. The number of methoxy groups -OCH3 is 1. The Kier molecular flexibility index (Phi) is 4.26. The fourth-order valence-electron chi connectivity index (χ4n) is 4.29. The van der Waals surface area contributed by atoms with E-state index >= 15 is 0 Å². The van der Waals surface area contributed by atoms with Crippen LogP contribution in [0.4, 0.5) is 0 Å². The molecule has 1 unspecified atom stereocenters. The van der Waals surface area contributed by atoms with E-state index in [-0.39, 0.29) is 29.8 Å². The van der Waals surface area contributed by atoms with Crippen LogP contribution in [0.3, 0.4) is 0 Å². The normalized spacial score (nSPS) is 20.9. The lowest BCUT2D eigenvalue weighted by Crippen LogP contribution is -2.61. The highest BCUT2D eigenvalue weighted by molar-refractivity contribution is 5.95. The Labute approximate surface area is 156 Å². The zero-order valence-corrected chi connectivity index (χ0v) is 15.7. The molecule has 0 aliphatic carbocycles. The third-order valence-electron chi connectivity index (χ3n) is 5.71. The average Bonchev–Trinajstić information content (AvgIpc) is 3.30. The number of carbonyl (C=O) groups is 2. The Balaban J connectivity index is 1.56. The monoisotopic (exact) mass is 373 g/mol. The molecule has 0 saturated carbocycles. The van der Waals surface area contributed by atoms with E-state index in [0.29, 0.717) is 37.5 Å². The van der Waals surface area contributed by atoms with Crippen LogP contribution in [-0.2, 0) is 16.6 Å². The third kappa shape index (κ3) is 2.82. The summed E-state index contributed by atoms with van der Waals surface area (Å²) in [5, 5.41) is 8.27. The average molecular weight is 373 g/mol. The second kappa shape index (κ2) is 6.49. The smallest absolute Gasteiger partial charge is 0.257 e. The molecule has 2 saturated heterocycles. The molecular weight excluding hydrogens is 350 g/mol. The number of amides is 2. The van der Waals surface area contributed by atoms with E-state index in [1.165, 1.54) is 13.4 Å². The summed E-state index contributed by atoms with van der Waals surface area (Å²) in [6, 6.07) is 1.70. The molecule has 0 bridgehead atoms. The number of nitrogens with zero attached hydrogens (tertiary/aromatic N) is 5. The first-order valence-corrected chi connectivity index (χ1v) is 8.89. The molecule has 0 aromatic carbocycles. The number of hydrogen-bond donors (Lipinski definition) is 0. The molecule has 2 fully saturated rings. The summed E-state index contributed by atoms with van der Waals surface area (Å²) >= 11 is 0. The van der Waals surface area contributed by atoms with Crippen LogP contribution in [0.1, 0.15) is 27.9 Å². The number of likely N-dealkylation sites (tertiary alicyclic amines) is 2. The Bertz CT molecular complexity index is 867. The third-order valence-corrected chi connectivity index (χ3v) is 5.71. The summed E-state index contributed by atoms with van der Waals surface area (Å²) < 4.78 is 12.2. The lowest BCUT2D eigenvalue weighted by atomic mass is 9.71. The fourth-order valence-corrected chi connectivity index (χ4v) is 4.29. The highest BCUT2D eigenvalue weighted by Crippen LogP contribution is 2.49. The Hall–Kier alpha value is -2.68. The fraction of sp³-hybridized carbons (Fsp3) is 0.556. The van der Waals surface area contributed by atoms with Crippen LogP contribution in [0.2, 0.25) is 0 Å². The number of rotatable bonds is 4. The van der Waals surface area contributed by atoms with Crippen LogP contribution in [0.15, 0.2) is 23.1 Å². The van der Waals surface area contributed by atoms with Gasteiger partial charge in [0.15, 0.2) is 0 Å². The van der Waals surface area contributed by atoms with Crippen molar-refractivity contribution in [1.82, 2.24) is 24.6 Å². The molecule has 2 amide bonds. The van der Waals surface area contributed by atoms with Gasteiger partial charge in [0, 0.05) is 51.7 Å². The first-order valence-electron chi connectivity index (χ1n) is 8.89. The summed E-state index contributed by atoms with van der Waals surface area (Å²) in [6.07, 6.45) is 3.19. The first-order chi connectivity index (χ1) is 12.9. The van der Waals surface area contributed by atoms with Gasteiger partial charge in [0.25, 0.3) is 5.91 Å². The lowest BCUT2D eigenvalue weighted by molar-refractivity contribution is -0.134. The van der Waals surface area contributed by atoms with Gasteiger partial charge in [-0.05, 0) is 13.0 Å². The van der Waals surface area contributed by atoms with Crippen molar-refractivity contribution in [2.24, 2.45) is 12.5 Å². The van der Waals surface area contributed by atoms with Gasteiger partial charge in [0.05, 0.1) is 11.8 Å². The van der Waals surface area contributed by atoms with Crippen molar-refractivity contribution in [3.63, 3.8) is 0 Å². The maximum Gasteiger partial charge on any atom is 0.257 e. The Morgan fingerprint density at radius 1 is 1.33 bits per heavy atom. The van der Waals surface area contributed by atoms with Crippen LogP contribution in [0.25, 0.3) is 0 Å². The number of hydrogen-bond acceptors (Lipinski definition) is 6. The minimum Gasteiger partial charge on any atom is -0.469 e. The van der Waals surface area contributed by atoms with Crippen LogP contribution in [0.5, 0.6) is 0 Å². The van der Waals surface area contributed by atoms with Gasteiger partial charge in [-0.3, -0.25) is 9.59 Å². The molecule has 144 valence electrons. The molecule has 0 radical (unpaired) electrons. The Morgan fingerprint density at radius 2 is 2.07 bits per heavy atom. The number of ether oxygens (including phenoxy) is 1. The summed E-state index contributed by atoms with van der Waals surface area (Å²) in [5.74, 6) is 1.41. The van der Waals surface area contributed by atoms with E-state index in [0.717, 1.165) is 5.82 Å². The summed E-state index contributed by atoms with van der Waals surface area (Å²) in [5.41, 5.74) is 0.377. The summed E-state index contributed by atoms with van der Waals surface area (Å²) in [4.78, 5) is 28.8. The minimum atomic E-state index is -0.211. The number of aryl methyl sites for hydroxylation is 2. The molecule has 9 heteroatoms. The topological polar surface area (TPSA) is 93.7 Å². The van der Waals surface area contributed by atoms with Crippen LogP contribution in [0, 0.1) is 12.3 Å². The maximum atomic E-state index is 12.8. The van der Waals surface area contributed by atoms with Gasteiger partial charge < -0.3 is 23.5 Å². The highest BCUT2D eigenvalue weighted by atomic mass is 16.5. The molecule has 2 aromatic heterocycles. The van der Waals surface area contributed by atoms with Gasteiger partial charge in [0.1, 0.15) is 24.5 Å². The Morgan fingerprint density at radius 3 is 2.67 bits per heavy atom. The van der Waals surface area contributed by atoms with Crippen LogP contribution in [-0.4, -0.2) is 76.3 Å². The quantitative estimate of drug-likeness (QED) is 0.772. The van der Waals surface area contributed by atoms with Gasteiger partial charge >= 0.3 is 0 Å². The van der Waals surface area contributed by atoms with E-state index < -0.39 is 0 Å². The van der Waals surface area contributed by atoms with Gasteiger partial charge in [-0.2, -0.15) is 0 Å². The lowest BCUT2D eigenvalue weighted by Gasteiger charge is -2.50. The van der Waals surface area contributed by atoms with E-state index in [1.807, 2.05) is 21.4 Å². The van der Waals surface area contributed by atoms with Gasteiger partial charge in [-0.25, -0.2) is 0 Å². The van der Waals surface area contributed by atoms with E-state index in [1.54, 1.807) is 19.3 Å². The molecule has 4 rings (SSSR count). The van der Waals surface area contributed by atoms with Crippen molar-refractivity contribution in [3.8, 4) is 0 Å². The van der Waals surface area contributed by atoms with Gasteiger partial charge in [-0.15, -0.1) is 10.2 Å². The van der Waals surface area contributed by atoms with Gasteiger partial charge in [-0.1, -0.05) is 0 Å². The first kappa shape index (κ1) is 17.7. The van der Waals surface area contributed by atoms with Crippen LogP contribution >= 0.6 is 0 Å². The van der Waals surface area contributed by atoms with Gasteiger partial charge in [0.2, 0.25) is 5.91 Å². The second-order valence-electron chi connectivity index (χ2n) is 7.47. The zero-order valence-electron chi connectivity index (χ0n) is 15.7. The predicted molar refractivity (Wildman–Crippen MR) is 94.0 cm³/mol. The van der Waals surface area contributed by atoms with Crippen molar-refractivity contribution in [1.29, 1.82) is 0 Å². The van der Waals surface area contributed by atoms with E-state index in [9.17, 15) is 9.59 Å². The molecule has 2 aromatic rings.